The highest BCUT2D eigenvalue weighted by Gasteiger charge is 2.35. The van der Waals surface area contributed by atoms with Crippen molar-refractivity contribution in [1.82, 2.24) is 9.88 Å². The van der Waals surface area contributed by atoms with Gasteiger partial charge in [0.2, 0.25) is 0 Å². The van der Waals surface area contributed by atoms with E-state index in [-0.39, 0.29) is 11.9 Å². The van der Waals surface area contributed by atoms with Crippen LogP contribution >= 0.6 is 27.5 Å². The smallest absolute Gasteiger partial charge is 0.255 e. The third kappa shape index (κ3) is 3.17. The number of carbonyl (C=O) groups is 1. The van der Waals surface area contributed by atoms with Crippen molar-refractivity contribution in [2.45, 2.75) is 12.5 Å². The van der Waals surface area contributed by atoms with Gasteiger partial charge in [-0.1, -0.05) is 54.1 Å². The number of aromatic amines is 1. The fourth-order valence-corrected chi connectivity index (χ4v) is 4.82. The van der Waals surface area contributed by atoms with Gasteiger partial charge in [0.05, 0.1) is 11.6 Å². The van der Waals surface area contributed by atoms with Crippen molar-refractivity contribution in [2.24, 2.45) is 0 Å². The maximum Gasteiger partial charge on any atom is 0.255 e. The Balaban J connectivity index is 1.68. The van der Waals surface area contributed by atoms with Gasteiger partial charge in [0.1, 0.15) is 0 Å². The quantitative estimate of drug-likeness (QED) is 0.367. The molecule has 4 aromatic rings. The number of carbonyl (C=O) groups excluding carboxylic acids is 1. The van der Waals surface area contributed by atoms with E-state index < -0.39 is 0 Å². The average Bonchev–Trinajstić information content (AvgIpc) is 3.12. The van der Waals surface area contributed by atoms with Crippen molar-refractivity contribution in [1.29, 1.82) is 0 Å². The van der Waals surface area contributed by atoms with Crippen LogP contribution in [0.2, 0.25) is 5.02 Å². The van der Waals surface area contributed by atoms with Gasteiger partial charge in [-0.05, 0) is 63.8 Å². The van der Waals surface area contributed by atoms with Crippen LogP contribution in [-0.4, -0.2) is 22.3 Å². The van der Waals surface area contributed by atoms with E-state index in [1.165, 1.54) is 10.9 Å². The molecule has 2 heterocycles. The standard InChI is InChI=1S/C24H18BrClN2O/c25-20-7-3-1-6-19(20)24(29)28-14-13-18-17-5-2-4-8-21(17)27-22(18)23(28)15-9-11-16(26)12-10-15/h1-12,23,27H,13-14H2/t23-/m0/s1. The number of aromatic nitrogens is 1. The van der Waals surface area contributed by atoms with Crippen LogP contribution in [0.25, 0.3) is 10.9 Å². The summed E-state index contributed by atoms with van der Waals surface area (Å²) in [6, 6.07) is 23.5. The van der Waals surface area contributed by atoms with Gasteiger partial charge in [0, 0.05) is 32.6 Å². The van der Waals surface area contributed by atoms with Crippen LogP contribution in [-0.2, 0) is 6.42 Å². The predicted molar refractivity (Wildman–Crippen MR) is 120 cm³/mol. The van der Waals surface area contributed by atoms with Crippen molar-refractivity contribution in [3.63, 3.8) is 0 Å². The van der Waals surface area contributed by atoms with E-state index in [1.54, 1.807) is 0 Å². The minimum absolute atomic E-state index is 0.0155. The second kappa shape index (κ2) is 7.36. The molecular formula is C24H18BrClN2O. The Kier molecular flexibility index (Phi) is 4.69. The number of nitrogens with zero attached hydrogens (tertiary/aromatic N) is 1. The normalized spacial score (nSPS) is 16.1. The molecule has 0 fully saturated rings. The number of rotatable bonds is 2. The first kappa shape index (κ1) is 18.5. The first-order valence-corrected chi connectivity index (χ1v) is 10.7. The zero-order valence-electron chi connectivity index (χ0n) is 15.5. The summed E-state index contributed by atoms with van der Waals surface area (Å²) >= 11 is 9.67. The zero-order valence-corrected chi connectivity index (χ0v) is 17.9. The van der Waals surface area contributed by atoms with Crippen molar-refractivity contribution in [3.05, 3.63) is 105 Å². The van der Waals surface area contributed by atoms with Crippen LogP contribution < -0.4 is 0 Å². The van der Waals surface area contributed by atoms with E-state index in [0.717, 1.165) is 27.7 Å². The molecule has 3 aromatic carbocycles. The lowest BCUT2D eigenvalue weighted by atomic mass is 9.91. The van der Waals surface area contributed by atoms with Crippen LogP contribution in [0, 0.1) is 0 Å². The summed E-state index contributed by atoms with van der Waals surface area (Å²) in [7, 11) is 0. The molecule has 29 heavy (non-hydrogen) atoms. The van der Waals surface area contributed by atoms with Gasteiger partial charge in [-0.2, -0.15) is 0 Å². The lowest BCUT2D eigenvalue weighted by Gasteiger charge is -2.36. The highest BCUT2D eigenvalue weighted by atomic mass is 79.9. The van der Waals surface area contributed by atoms with Gasteiger partial charge < -0.3 is 9.88 Å². The monoisotopic (exact) mass is 464 g/mol. The molecule has 1 atom stereocenters. The van der Waals surface area contributed by atoms with E-state index in [2.05, 4.69) is 39.1 Å². The van der Waals surface area contributed by atoms with Gasteiger partial charge >= 0.3 is 0 Å². The molecule has 1 aliphatic rings. The molecule has 1 aliphatic heterocycles. The first-order chi connectivity index (χ1) is 14.1. The van der Waals surface area contributed by atoms with Crippen molar-refractivity contribution < 1.29 is 4.79 Å². The second-order valence-corrected chi connectivity index (χ2v) is 8.54. The fraction of sp³-hybridized carbons (Fsp3) is 0.125. The number of para-hydroxylation sites is 1. The molecule has 1 N–H and O–H groups in total. The van der Waals surface area contributed by atoms with Gasteiger partial charge in [-0.25, -0.2) is 0 Å². The summed E-state index contributed by atoms with van der Waals surface area (Å²) in [5.41, 5.74) is 5.19. The van der Waals surface area contributed by atoms with Crippen LogP contribution in [0.5, 0.6) is 0 Å². The summed E-state index contributed by atoms with van der Waals surface area (Å²) in [5, 5.41) is 1.92. The molecular weight excluding hydrogens is 448 g/mol. The second-order valence-electron chi connectivity index (χ2n) is 7.25. The van der Waals surface area contributed by atoms with Crippen molar-refractivity contribution in [2.75, 3.05) is 6.54 Å². The molecule has 0 saturated heterocycles. The van der Waals surface area contributed by atoms with Crippen LogP contribution in [0.15, 0.2) is 77.3 Å². The molecule has 144 valence electrons. The molecule has 5 rings (SSSR count). The fourth-order valence-electron chi connectivity index (χ4n) is 4.24. The van der Waals surface area contributed by atoms with Gasteiger partial charge in [-0.3, -0.25) is 4.79 Å². The lowest BCUT2D eigenvalue weighted by Crippen LogP contribution is -2.40. The molecule has 0 aliphatic carbocycles. The first-order valence-electron chi connectivity index (χ1n) is 9.54. The minimum Gasteiger partial charge on any atom is -0.356 e. The Hall–Kier alpha value is -2.56. The number of amides is 1. The Morgan fingerprint density at radius 2 is 1.72 bits per heavy atom. The number of fused-ring (bicyclic) bond motifs is 3. The van der Waals surface area contributed by atoms with E-state index >= 15 is 0 Å². The van der Waals surface area contributed by atoms with E-state index in [4.69, 9.17) is 11.6 Å². The zero-order chi connectivity index (χ0) is 20.0. The molecule has 5 heteroatoms. The summed E-state index contributed by atoms with van der Waals surface area (Å²) in [6.45, 7) is 0.655. The van der Waals surface area contributed by atoms with E-state index in [1.807, 2.05) is 59.5 Å². The van der Waals surface area contributed by atoms with Crippen LogP contribution in [0.1, 0.15) is 33.2 Å². The minimum atomic E-state index is -0.192. The Morgan fingerprint density at radius 1 is 1.00 bits per heavy atom. The molecule has 1 aromatic heterocycles. The van der Waals surface area contributed by atoms with Gasteiger partial charge in [-0.15, -0.1) is 0 Å². The number of hydrogen-bond acceptors (Lipinski definition) is 1. The molecule has 0 bridgehead atoms. The highest BCUT2D eigenvalue weighted by Crippen LogP contribution is 2.39. The molecule has 0 unspecified atom stereocenters. The maximum atomic E-state index is 13.6. The number of halogens is 2. The summed E-state index contributed by atoms with van der Waals surface area (Å²) in [4.78, 5) is 19.1. The molecule has 0 saturated carbocycles. The number of benzene rings is 3. The van der Waals surface area contributed by atoms with E-state index in [9.17, 15) is 4.79 Å². The third-order valence-corrected chi connectivity index (χ3v) is 6.53. The lowest BCUT2D eigenvalue weighted by molar-refractivity contribution is 0.0691. The van der Waals surface area contributed by atoms with E-state index in [0.29, 0.717) is 17.1 Å². The van der Waals surface area contributed by atoms with Crippen LogP contribution in [0.4, 0.5) is 0 Å². The molecule has 0 spiro atoms. The Morgan fingerprint density at radius 3 is 2.52 bits per heavy atom. The number of H-pyrrole nitrogens is 1. The number of nitrogens with one attached hydrogen (secondary N) is 1. The van der Waals surface area contributed by atoms with Gasteiger partial charge in [0.25, 0.3) is 5.91 Å². The van der Waals surface area contributed by atoms with Crippen molar-refractivity contribution in [3.8, 4) is 0 Å². The molecule has 3 nitrogen and oxygen atoms in total. The summed E-state index contributed by atoms with van der Waals surface area (Å²) < 4.78 is 0.808. The largest absolute Gasteiger partial charge is 0.356 e. The average molecular weight is 466 g/mol. The summed E-state index contributed by atoms with van der Waals surface area (Å²) in [6.07, 6.45) is 0.819. The SMILES string of the molecule is O=C(c1ccccc1Br)N1CCc2c([nH]c3ccccc23)[C@@H]1c1ccc(Cl)cc1. The predicted octanol–water partition coefficient (Wildman–Crippen LogP) is 6.37. The topological polar surface area (TPSA) is 36.1 Å². The highest BCUT2D eigenvalue weighted by molar-refractivity contribution is 9.10. The Labute approximate surface area is 182 Å². The third-order valence-electron chi connectivity index (χ3n) is 5.59. The van der Waals surface area contributed by atoms with Gasteiger partial charge in [0.15, 0.2) is 0 Å². The van der Waals surface area contributed by atoms with Crippen molar-refractivity contribution >= 4 is 44.3 Å². The number of hydrogen-bond donors (Lipinski definition) is 1. The maximum absolute atomic E-state index is 13.6. The summed E-state index contributed by atoms with van der Waals surface area (Å²) in [5.74, 6) is 0.0155. The van der Waals surface area contributed by atoms with Crippen LogP contribution in [0.3, 0.4) is 0 Å². The molecule has 0 radical (unpaired) electrons. The molecule has 1 amide bonds. The Bertz CT molecular complexity index is 1220.